The first-order valence-electron chi connectivity index (χ1n) is 6.22. The van der Waals surface area contributed by atoms with E-state index < -0.39 is 5.97 Å². The highest BCUT2D eigenvalue weighted by atomic mass is 16.4. The predicted molar refractivity (Wildman–Crippen MR) is 66.8 cm³/mol. The van der Waals surface area contributed by atoms with Crippen LogP contribution in [0.25, 0.3) is 0 Å². The van der Waals surface area contributed by atoms with Crippen molar-refractivity contribution >= 4 is 11.9 Å². The molecule has 1 aliphatic heterocycles. The quantitative estimate of drug-likeness (QED) is 0.850. The largest absolute Gasteiger partial charge is 0.505 e. The van der Waals surface area contributed by atoms with Gasteiger partial charge in [-0.3, -0.25) is 14.6 Å². The Balaban J connectivity index is 1.95. The summed E-state index contributed by atoms with van der Waals surface area (Å²) in [6, 6.07) is 1.49. The number of hydrogen-bond acceptors (Lipinski definition) is 4. The zero-order valence-corrected chi connectivity index (χ0v) is 10.5. The highest BCUT2D eigenvalue weighted by Gasteiger charge is 2.28. The number of carbonyl (C=O) groups is 2. The van der Waals surface area contributed by atoms with Gasteiger partial charge in [0.25, 0.3) is 5.91 Å². The van der Waals surface area contributed by atoms with Gasteiger partial charge in [0, 0.05) is 25.7 Å². The third-order valence-corrected chi connectivity index (χ3v) is 3.37. The maximum Gasteiger partial charge on any atom is 0.303 e. The van der Waals surface area contributed by atoms with E-state index in [1.54, 1.807) is 4.90 Å². The third kappa shape index (κ3) is 3.21. The molecule has 1 aromatic heterocycles. The number of carbonyl (C=O) groups excluding carboxylic acids is 1. The van der Waals surface area contributed by atoms with Gasteiger partial charge in [-0.05, 0) is 24.8 Å². The number of hydrogen-bond donors (Lipinski definition) is 2. The van der Waals surface area contributed by atoms with Crippen LogP contribution >= 0.6 is 0 Å². The summed E-state index contributed by atoms with van der Waals surface area (Å²) in [6.45, 7) is 1.15. The van der Waals surface area contributed by atoms with E-state index in [0.29, 0.717) is 19.5 Å². The summed E-state index contributed by atoms with van der Waals surface area (Å²) in [5, 5.41) is 18.2. The van der Waals surface area contributed by atoms with Gasteiger partial charge in [-0.2, -0.15) is 0 Å². The monoisotopic (exact) mass is 264 g/mol. The lowest BCUT2D eigenvalue weighted by Crippen LogP contribution is -2.28. The summed E-state index contributed by atoms with van der Waals surface area (Å²) in [7, 11) is 0. The Hall–Kier alpha value is -2.11. The van der Waals surface area contributed by atoms with E-state index >= 15 is 0 Å². The second kappa shape index (κ2) is 5.69. The van der Waals surface area contributed by atoms with Crippen LogP contribution in [0.15, 0.2) is 18.5 Å². The minimum absolute atomic E-state index is 0.124. The van der Waals surface area contributed by atoms with Gasteiger partial charge in [-0.1, -0.05) is 0 Å². The molecule has 1 saturated heterocycles. The van der Waals surface area contributed by atoms with Crippen molar-refractivity contribution in [1.82, 2.24) is 9.88 Å². The smallest absolute Gasteiger partial charge is 0.303 e. The first kappa shape index (κ1) is 13.3. The minimum atomic E-state index is -0.809. The number of aromatic hydroxyl groups is 1. The van der Waals surface area contributed by atoms with Crippen molar-refractivity contribution in [2.45, 2.75) is 19.3 Å². The summed E-state index contributed by atoms with van der Waals surface area (Å²) in [6.07, 6.45) is 4.23. The minimum Gasteiger partial charge on any atom is -0.505 e. The molecule has 1 aromatic rings. The van der Waals surface area contributed by atoms with Gasteiger partial charge in [-0.15, -0.1) is 0 Å². The molecule has 6 nitrogen and oxygen atoms in total. The molecule has 0 spiro atoms. The lowest BCUT2D eigenvalue weighted by Gasteiger charge is -2.16. The Morgan fingerprint density at radius 2 is 2.26 bits per heavy atom. The molecule has 1 aliphatic rings. The van der Waals surface area contributed by atoms with E-state index in [2.05, 4.69) is 4.98 Å². The van der Waals surface area contributed by atoms with Crippen LogP contribution in [0.4, 0.5) is 0 Å². The zero-order valence-electron chi connectivity index (χ0n) is 10.5. The lowest BCUT2D eigenvalue weighted by molar-refractivity contribution is -0.137. The molecule has 1 fully saturated rings. The number of amides is 1. The number of nitrogens with zero attached hydrogens (tertiary/aromatic N) is 2. The van der Waals surface area contributed by atoms with Gasteiger partial charge in [0.15, 0.2) is 0 Å². The molecule has 0 aromatic carbocycles. The van der Waals surface area contributed by atoms with Crippen molar-refractivity contribution in [3.8, 4) is 5.75 Å². The fourth-order valence-electron chi connectivity index (χ4n) is 2.32. The van der Waals surface area contributed by atoms with E-state index in [1.807, 2.05) is 0 Å². The molecule has 1 amide bonds. The Morgan fingerprint density at radius 1 is 1.47 bits per heavy atom. The third-order valence-electron chi connectivity index (χ3n) is 3.37. The Bertz CT molecular complexity index is 489. The van der Waals surface area contributed by atoms with Gasteiger partial charge in [-0.25, -0.2) is 0 Å². The predicted octanol–water partition coefficient (Wildman–Crippen LogP) is 1.11. The number of aliphatic carboxylic acids is 1. The summed E-state index contributed by atoms with van der Waals surface area (Å²) >= 11 is 0. The first-order valence-corrected chi connectivity index (χ1v) is 6.22. The normalized spacial score (nSPS) is 18.5. The van der Waals surface area contributed by atoms with Gasteiger partial charge >= 0.3 is 5.97 Å². The molecule has 2 N–H and O–H groups in total. The van der Waals surface area contributed by atoms with E-state index in [4.69, 9.17) is 5.11 Å². The molecule has 102 valence electrons. The highest BCUT2D eigenvalue weighted by Crippen LogP contribution is 2.24. The van der Waals surface area contributed by atoms with Crippen LogP contribution in [0.2, 0.25) is 0 Å². The molecule has 1 unspecified atom stereocenters. The van der Waals surface area contributed by atoms with Gasteiger partial charge in [0.1, 0.15) is 5.75 Å². The van der Waals surface area contributed by atoms with Crippen LogP contribution in [-0.2, 0) is 4.79 Å². The van der Waals surface area contributed by atoms with Crippen LogP contribution in [0, 0.1) is 5.92 Å². The fraction of sp³-hybridized carbons (Fsp3) is 0.462. The van der Waals surface area contributed by atoms with Gasteiger partial charge in [0.05, 0.1) is 11.8 Å². The van der Waals surface area contributed by atoms with Crippen LogP contribution in [0.1, 0.15) is 29.6 Å². The molecule has 19 heavy (non-hydrogen) atoms. The second-order valence-corrected chi connectivity index (χ2v) is 4.73. The van der Waals surface area contributed by atoms with Crippen LogP contribution in [0.5, 0.6) is 5.75 Å². The SMILES string of the molecule is O=C(O)CCC1CCN(C(=O)c2ccncc2O)C1. The molecule has 0 saturated carbocycles. The molecule has 2 heterocycles. The molecule has 6 heteroatoms. The number of rotatable bonds is 4. The molecular weight excluding hydrogens is 248 g/mol. The maximum absolute atomic E-state index is 12.2. The topological polar surface area (TPSA) is 90.7 Å². The van der Waals surface area contributed by atoms with Crippen LogP contribution < -0.4 is 0 Å². The molecule has 0 radical (unpaired) electrons. The summed E-state index contributed by atoms with van der Waals surface area (Å²) < 4.78 is 0. The van der Waals surface area contributed by atoms with E-state index in [-0.39, 0.29) is 29.6 Å². The van der Waals surface area contributed by atoms with Crippen molar-refractivity contribution < 1.29 is 19.8 Å². The lowest BCUT2D eigenvalue weighted by atomic mass is 10.0. The summed E-state index contributed by atoms with van der Waals surface area (Å²) in [5.74, 6) is -0.931. The molecule has 2 rings (SSSR count). The van der Waals surface area contributed by atoms with Crippen molar-refractivity contribution in [2.75, 3.05) is 13.1 Å². The van der Waals surface area contributed by atoms with Crippen molar-refractivity contribution in [3.05, 3.63) is 24.0 Å². The van der Waals surface area contributed by atoms with E-state index in [1.165, 1.54) is 18.5 Å². The maximum atomic E-state index is 12.2. The fourth-order valence-corrected chi connectivity index (χ4v) is 2.32. The van der Waals surface area contributed by atoms with E-state index in [0.717, 1.165) is 6.42 Å². The van der Waals surface area contributed by atoms with E-state index in [9.17, 15) is 14.7 Å². The number of pyridine rings is 1. The van der Waals surface area contributed by atoms with Gasteiger partial charge in [0.2, 0.25) is 0 Å². The van der Waals surface area contributed by atoms with Crippen molar-refractivity contribution in [3.63, 3.8) is 0 Å². The van der Waals surface area contributed by atoms with Crippen molar-refractivity contribution in [1.29, 1.82) is 0 Å². The first-order chi connectivity index (χ1) is 9.08. The summed E-state index contributed by atoms with van der Waals surface area (Å²) in [4.78, 5) is 28.1. The standard InChI is InChI=1S/C13H16N2O4/c16-11-7-14-5-3-10(11)13(19)15-6-4-9(8-15)1-2-12(17)18/h3,5,7,9,16H,1-2,4,6,8H2,(H,17,18). The molecular formula is C13H16N2O4. The number of carboxylic acids is 1. The Morgan fingerprint density at radius 3 is 2.95 bits per heavy atom. The number of likely N-dealkylation sites (tertiary alicyclic amines) is 1. The van der Waals surface area contributed by atoms with Crippen LogP contribution in [0.3, 0.4) is 0 Å². The van der Waals surface area contributed by atoms with Crippen molar-refractivity contribution in [2.24, 2.45) is 5.92 Å². The van der Waals surface area contributed by atoms with Crippen LogP contribution in [-0.4, -0.2) is 45.1 Å². The summed E-state index contributed by atoms with van der Waals surface area (Å²) in [5.41, 5.74) is 0.244. The average molecular weight is 264 g/mol. The molecule has 1 atom stereocenters. The molecule has 0 aliphatic carbocycles. The molecule has 0 bridgehead atoms. The Kier molecular flexibility index (Phi) is 3.99. The average Bonchev–Trinajstić information content (AvgIpc) is 2.85. The number of carboxylic acid groups (broad SMARTS) is 1. The highest BCUT2D eigenvalue weighted by molar-refractivity contribution is 5.96. The van der Waals surface area contributed by atoms with Gasteiger partial charge < -0.3 is 15.1 Å². The second-order valence-electron chi connectivity index (χ2n) is 4.73. The Labute approximate surface area is 110 Å². The number of aromatic nitrogens is 1. The zero-order chi connectivity index (χ0) is 13.8.